The minimum Gasteiger partial charge on any atom is -0.382 e. The number of thiazole rings is 1. The number of aryl methyl sites for hydroxylation is 1. The lowest BCUT2D eigenvalue weighted by Gasteiger charge is -2.11. The number of ether oxygens (including phenoxy) is 1. The Morgan fingerprint density at radius 3 is 2.88 bits per heavy atom. The van der Waals surface area contributed by atoms with Crippen molar-refractivity contribution in [1.82, 2.24) is 24.1 Å². The van der Waals surface area contributed by atoms with Crippen LogP contribution in [-0.4, -0.2) is 37.4 Å². The maximum atomic E-state index is 13.1. The summed E-state index contributed by atoms with van der Waals surface area (Å²) in [5, 5.41) is 15.4. The van der Waals surface area contributed by atoms with Crippen LogP contribution in [-0.2, 0) is 17.0 Å². The highest BCUT2D eigenvalue weighted by Gasteiger charge is 2.17. The third-order valence-electron chi connectivity index (χ3n) is 4.99. The van der Waals surface area contributed by atoms with Crippen molar-refractivity contribution in [2.24, 2.45) is 0 Å². The molecule has 0 saturated carbocycles. The van der Waals surface area contributed by atoms with Crippen molar-refractivity contribution in [2.75, 3.05) is 13.2 Å². The van der Waals surface area contributed by atoms with Crippen LogP contribution < -0.4 is 5.56 Å². The van der Waals surface area contributed by atoms with Gasteiger partial charge < -0.3 is 4.74 Å². The normalized spacial score (nSPS) is 11.7. The van der Waals surface area contributed by atoms with Crippen molar-refractivity contribution in [3.05, 3.63) is 63.2 Å². The number of thioether (sulfide) groups is 1. The second kappa shape index (κ2) is 9.53. The summed E-state index contributed by atoms with van der Waals surface area (Å²) in [5.41, 5.74) is 1.78. The summed E-state index contributed by atoms with van der Waals surface area (Å²) in [5.74, 6) is 1.24. The van der Waals surface area contributed by atoms with E-state index in [0.717, 1.165) is 27.8 Å². The van der Waals surface area contributed by atoms with Crippen molar-refractivity contribution >= 4 is 51.1 Å². The molecule has 0 amide bonds. The van der Waals surface area contributed by atoms with Crippen molar-refractivity contribution in [2.45, 2.75) is 30.8 Å². The van der Waals surface area contributed by atoms with E-state index >= 15 is 0 Å². The maximum Gasteiger partial charge on any atom is 0.262 e. The summed E-state index contributed by atoms with van der Waals surface area (Å²) >= 11 is 4.93. The highest BCUT2D eigenvalue weighted by atomic mass is 32.2. The highest BCUT2D eigenvalue weighted by Crippen LogP contribution is 2.30. The average molecular weight is 484 g/mol. The Kier molecular flexibility index (Phi) is 6.35. The van der Waals surface area contributed by atoms with Gasteiger partial charge in [-0.05, 0) is 36.9 Å². The molecule has 0 atom stereocenters. The summed E-state index contributed by atoms with van der Waals surface area (Å²) in [7, 11) is 0. The van der Waals surface area contributed by atoms with Crippen molar-refractivity contribution in [3.63, 3.8) is 0 Å². The van der Waals surface area contributed by atoms with E-state index < -0.39 is 0 Å². The maximum absolute atomic E-state index is 13.1. The molecule has 4 heterocycles. The lowest BCUT2D eigenvalue weighted by molar-refractivity contribution is 0.141. The van der Waals surface area contributed by atoms with Crippen LogP contribution in [0.4, 0.5) is 0 Å². The lowest BCUT2D eigenvalue weighted by Crippen LogP contribution is -2.24. The molecule has 0 aliphatic heterocycles. The molecule has 10 heteroatoms. The fourth-order valence-corrected chi connectivity index (χ4v) is 6.09. The predicted octanol–water partition coefficient (Wildman–Crippen LogP) is 4.95. The molecule has 1 aromatic carbocycles. The fourth-order valence-electron chi connectivity index (χ4n) is 3.52. The third kappa shape index (κ3) is 4.11. The number of aromatic nitrogens is 5. The van der Waals surface area contributed by atoms with E-state index in [0.29, 0.717) is 36.7 Å². The molecule has 32 heavy (non-hydrogen) atoms. The first-order chi connectivity index (χ1) is 15.8. The summed E-state index contributed by atoms with van der Waals surface area (Å²) in [6.45, 7) is 3.77. The van der Waals surface area contributed by atoms with E-state index in [4.69, 9.17) is 9.72 Å². The number of rotatable bonds is 9. The zero-order chi connectivity index (χ0) is 21.9. The van der Waals surface area contributed by atoms with Crippen LogP contribution in [0.3, 0.4) is 0 Å². The Morgan fingerprint density at radius 2 is 2.03 bits per heavy atom. The zero-order valence-corrected chi connectivity index (χ0v) is 19.9. The molecule has 0 N–H and O–H groups in total. The van der Waals surface area contributed by atoms with E-state index in [1.165, 1.54) is 4.88 Å². The van der Waals surface area contributed by atoms with Crippen LogP contribution >= 0.6 is 34.4 Å². The van der Waals surface area contributed by atoms with E-state index in [2.05, 4.69) is 27.0 Å². The molecule has 0 saturated heterocycles. The predicted molar refractivity (Wildman–Crippen MR) is 131 cm³/mol. The van der Waals surface area contributed by atoms with Crippen LogP contribution in [0.25, 0.3) is 26.6 Å². The molecule has 0 spiro atoms. The molecule has 0 unspecified atom stereocenters. The first kappa shape index (κ1) is 21.3. The largest absolute Gasteiger partial charge is 0.382 e. The Hall–Kier alpha value is -2.53. The van der Waals surface area contributed by atoms with Gasteiger partial charge in [0.2, 0.25) is 5.78 Å². The SMILES string of the molecule is CCOCCCn1c(=O)c2ccccc2n2c(SCc3csc(-c4cccs4)n3)nnc12. The first-order valence-corrected chi connectivity index (χ1v) is 13.1. The molecule has 7 nitrogen and oxygen atoms in total. The number of para-hydroxylation sites is 1. The minimum atomic E-state index is -0.0476. The topological polar surface area (TPSA) is 74.3 Å². The molecule has 0 radical (unpaired) electrons. The molecule has 0 bridgehead atoms. The van der Waals surface area contributed by atoms with E-state index in [9.17, 15) is 4.79 Å². The zero-order valence-electron chi connectivity index (χ0n) is 17.4. The first-order valence-electron chi connectivity index (χ1n) is 10.3. The lowest BCUT2D eigenvalue weighted by atomic mass is 10.2. The molecule has 4 aromatic heterocycles. The number of hydrogen-bond donors (Lipinski definition) is 0. The average Bonchev–Trinajstić information content (AvgIpc) is 3.58. The fraction of sp³-hybridized carbons (Fsp3) is 0.273. The van der Waals surface area contributed by atoms with Crippen LogP contribution in [0.15, 0.2) is 57.1 Å². The molecule has 0 fully saturated rings. The van der Waals surface area contributed by atoms with Gasteiger partial charge in [-0.15, -0.1) is 32.9 Å². The summed E-state index contributed by atoms with van der Waals surface area (Å²) in [6.07, 6.45) is 0.738. The number of benzene rings is 1. The quantitative estimate of drug-likeness (QED) is 0.218. The molecule has 5 rings (SSSR count). The van der Waals surface area contributed by atoms with E-state index in [1.54, 1.807) is 39.0 Å². The summed E-state index contributed by atoms with van der Waals surface area (Å²) < 4.78 is 9.13. The summed E-state index contributed by atoms with van der Waals surface area (Å²) in [4.78, 5) is 19.1. The van der Waals surface area contributed by atoms with E-state index in [-0.39, 0.29) is 5.56 Å². The monoisotopic (exact) mass is 483 g/mol. The van der Waals surface area contributed by atoms with Crippen molar-refractivity contribution in [1.29, 1.82) is 0 Å². The second-order valence-electron chi connectivity index (χ2n) is 7.05. The van der Waals surface area contributed by atoms with Crippen LogP contribution in [0, 0.1) is 0 Å². The molecule has 0 aliphatic carbocycles. The standard InChI is InChI=1S/C22H21N5O2S3/c1-2-29-11-6-10-26-20(28)16-7-3-4-8-17(16)27-21(26)24-25-22(27)32-14-15-13-31-19(23-15)18-9-5-12-30-18/h3-5,7-9,12-13H,2,6,10-11,14H2,1H3. The molecular formula is C22H21N5O2S3. The van der Waals surface area contributed by atoms with Crippen molar-refractivity contribution < 1.29 is 4.74 Å². The molecule has 0 aliphatic rings. The minimum absolute atomic E-state index is 0.0476. The van der Waals surface area contributed by atoms with Crippen LogP contribution in [0.2, 0.25) is 0 Å². The van der Waals surface area contributed by atoms with Crippen molar-refractivity contribution in [3.8, 4) is 9.88 Å². The molecular weight excluding hydrogens is 462 g/mol. The van der Waals surface area contributed by atoms with Gasteiger partial charge in [-0.2, -0.15) is 0 Å². The number of thiophene rings is 1. The van der Waals surface area contributed by atoms with Gasteiger partial charge in [0.25, 0.3) is 5.56 Å². The van der Waals surface area contributed by atoms with Gasteiger partial charge in [0.15, 0.2) is 5.16 Å². The Morgan fingerprint density at radius 1 is 1.12 bits per heavy atom. The van der Waals surface area contributed by atoms with Gasteiger partial charge in [-0.25, -0.2) is 4.98 Å². The van der Waals surface area contributed by atoms with E-state index in [1.807, 2.05) is 41.7 Å². The van der Waals surface area contributed by atoms with Gasteiger partial charge in [-0.1, -0.05) is 30.0 Å². The Balaban J connectivity index is 1.47. The number of hydrogen-bond acceptors (Lipinski definition) is 8. The Labute approximate surface area is 196 Å². The highest BCUT2D eigenvalue weighted by molar-refractivity contribution is 7.98. The number of fused-ring (bicyclic) bond motifs is 3. The second-order valence-corrected chi connectivity index (χ2v) is 9.80. The van der Waals surface area contributed by atoms with Gasteiger partial charge >= 0.3 is 0 Å². The molecule has 5 aromatic rings. The number of nitrogens with zero attached hydrogens (tertiary/aromatic N) is 5. The Bertz CT molecular complexity index is 1400. The van der Waals surface area contributed by atoms with Crippen LogP contribution in [0.1, 0.15) is 19.0 Å². The van der Waals surface area contributed by atoms with Gasteiger partial charge in [-0.3, -0.25) is 13.8 Å². The summed E-state index contributed by atoms with van der Waals surface area (Å²) in [6, 6.07) is 11.7. The third-order valence-corrected chi connectivity index (χ3v) is 7.88. The van der Waals surface area contributed by atoms with Crippen LogP contribution in [0.5, 0.6) is 0 Å². The van der Waals surface area contributed by atoms with Gasteiger partial charge in [0, 0.05) is 30.9 Å². The molecule has 164 valence electrons. The smallest absolute Gasteiger partial charge is 0.262 e. The van der Waals surface area contributed by atoms with Gasteiger partial charge in [0.05, 0.1) is 21.5 Å². The van der Waals surface area contributed by atoms with Gasteiger partial charge in [0.1, 0.15) is 5.01 Å².